The maximum atomic E-state index is 5.71. The Balaban J connectivity index is 2.50. The van der Waals surface area contributed by atoms with Crippen LogP contribution in [0.25, 0.3) is 0 Å². The third-order valence-electron chi connectivity index (χ3n) is 2.99. The van der Waals surface area contributed by atoms with Gasteiger partial charge in [-0.15, -0.1) is 18.2 Å². The van der Waals surface area contributed by atoms with E-state index in [1.165, 1.54) is 31.2 Å². The minimum atomic E-state index is -0.173. The van der Waals surface area contributed by atoms with Crippen LogP contribution < -0.4 is 0 Å². The molecule has 0 bridgehead atoms. The SMILES string of the molecule is C#CC(C)(SCCCCCC)c1ccccc1. The van der Waals surface area contributed by atoms with Gasteiger partial charge in [0, 0.05) is 0 Å². The molecule has 0 radical (unpaired) electrons. The molecule has 0 heterocycles. The highest BCUT2D eigenvalue weighted by Crippen LogP contribution is 2.35. The maximum absolute atomic E-state index is 5.71. The van der Waals surface area contributed by atoms with Gasteiger partial charge in [0.15, 0.2) is 0 Å². The summed E-state index contributed by atoms with van der Waals surface area (Å²) >= 11 is 1.89. The third-order valence-corrected chi connectivity index (χ3v) is 4.41. The summed E-state index contributed by atoms with van der Waals surface area (Å²) in [5.41, 5.74) is 1.24. The van der Waals surface area contributed by atoms with E-state index in [1.54, 1.807) is 0 Å². The molecule has 0 saturated heterocycles. The van der Waals surface area contributed by atoms with Crippen LogP contribution in [-0.4, -0.2) is 5.75 Å². The van der Waals surface area contributed by atoms with Gasteiger partial charge in [-0.3, -0.25) is 0 Å². The number of hydrogen-bond acceptors (Lipinski definition) is 1. The monoisotopic (exact) mass is 246 g/mol. The molecule has 0 aliphatic heterocycles. The van der Waals surface area contributed by atoms with E-state index in [4.69, 9.17) is 6.42 Å². The summed E-state index contributed by atoms with van der Waals surface area (Å²) in [6, 6.07) is 10.4. The molecule has 1 aromatic carbocycles. The van der Waals surface area contributed by atoms with E-state index < -0.39 is 0 Å². The van der Waals surface area contributed by atoms with Gasteiger partial charge in [-0.2, -0.15) is 0 Å². The molecule has 0 aliphatic rings. The maximum Gasteiger partial charge on any atom is 0.0983 e. The van der Waals surface area contributed by atoms with Gasteiger partial charge >= 0.3 is 0 Å². The normalized spacial score (nSPS) is 13.9. The molecule has 0 amide bonds. The summed E-state index contributed by atoms with van der Waals surface area (Å²) in [7, 11) is 0. The van der Waals surface area contributed by atoms with E-state index in [9.17, 15) is 0 Å². The average Bonchev–Trinajstić information content (AvgIpc) is 2.39. The van der Waals surface area contributed by atoms with E-state index >= 15 is 0 Å². The summed E-state index contributed by atoms with van der Waals surface area (Å²) in [6.45, 7) is 4.38. The molecule has 1 atom stereocenters. The van der Waals surface area contributed by atoms with Gasteiger partial charge in [-0.05, 0) is 24.7 Å². The lowest BCUT2D eigenvalue weighted by Crippen LogP contribution is -2.15. The van der Waals surface area contributed by atoms with Crippen LogP contribution in [0.4, 0.5) is 0 Å². The van der Waals surface area contributed by atoms with Crippen LogP contribution in [0.1, 0.15) is 45.1 Å². The molecule has 1 rings (SSSR count). The fraction of sp³-hybridized carbons (Fsp3) is 0.500. The molecule has 17 heavy (non-hydrogen) atoms. The topological polar surface area (TPSA) is 0 Å². The fourth-order valence-corrected chi connectivity index (χ4v) is 2.91. The quantitative estimate of drug-likeness (QED) is 0.489. The van der Waals surface area contributed by atoms with Crippen molar-refractivity contribution in [2.75, 3.05) is 5.75 Å². The van der Waals surface area contributed by atoms with Crippen molar-refractivity contribution in [1.29, 1.82) is 0 Å². The molecule has 1 unspecified atom stereocenters. The number of rotatable bonds is 7. The Hall–Kier alpha value is -0.870. The number of terminal acetylenes is 1. The zero-order valence-electron chi connectivity index (χ0n) is 10.9. The Labute approximate surface area is 110 Å². The molecule has 0 spiro atoms. The molecular formula is C16H22S. The smallest absolute Gasteiger partial charge is 0.0983 e. The molecule has 92 valence electrons. The van der Waals surface area contributed by atoms with E-state index in [-0.39, 0.29) is 4.75 Å². The third kappa shape index (κ3) is 4.48. The van der Waals surface area contributed by atoms with Crippen molar-refractivity contribution in [2.24, 2.45) is 0 Å². The standard InChI is InChI=1S/C16H22S/c1-4-6-7-11-14-17-16(3,5-2)15-12-9-8-10-13-15/h2,8-10,12-13H,4,6-7,11,14H2,1,3H3. The Morgan fingerprint density at radius 1 is 1.18 bits per heavy atom. The number of unbranched alkanes of at least 4 members (excludes halogenated alkanes) is 3. The van der Waals surface area contributed by atoms with Crippen LogP contribution in [0.2, 0.25) is 0 Å². The van der Waals surface area contributed by atoms with Crippen molar-refractivity contribution in [3.8, 4) is 12.3 Å². The van der Waals surface area contributed by atoms with Crippen molar-refractivity contribution in [2.45, 2.75) is 44.3 Å². The highest BCUT2D eigenvalue weighted by atomic mass is 32.2. The van der Waals surface area contributed by atoms with Crippen LogP contribution in [0, 0.1) is 12.3 Å². The number of benzene rings is 1. The summed E-state index contributed by atoms with van der Waals surface area (Å²) in [6.07, 6.45) is 10.9. The largest absolute Gasteiger partial charge is 0.138 e. The zero-order valence-corrected chi connectivity index (χ0v) is 11.7. The van der Waals surface area contributed by atoms with Gasteiger partial charge in [0.1, 0.15) is 0 Å². The van der Waals surface area contributed by atoms with Gasteiger partial charge in [0.25, 0.3) is 0 Å². The Kier molecular flexibility index (Phi) is 6.22. The second-order valence-electron chi connectivity index (χ2n) is 4.45. The molecule has 1 heteroatoms. The van der Waals surface area contributed by atoms with E-state index in [0.717, 1.165) is 5.75 Å². The molecular weight excluding hydrogens is 224 g/mol. The second-order valence-corrected chi connectivity index (χ2v) is 5.97. The lowest BCUT2D eigenvalue weighted by molar-refractivity contribution is 0.705. The molecule has 0 fully saturated rings. The minimum absolute atomic E-state index is 0.173. The van der Waals surface area contributed by atoms with Gasteiger partial charge in [0.2, 0.25) is 0 Å². The van der Waals surface area contributed by atoms with Crippen LogP contribution >= 0.6 is 11.8 Å². The molecule has 0 nitrogen and oxygen atoms in total. The molecule has 0 saturated carbocycles. The highest BCUT2D eigenvalue weighted by molar-refractivity contribution is 8.00. The average molecular weight is 246 g/mol. The molecule has 1 aromatic rings. The van der Waals surface area contributed by atoms with Crippen LogP contribution in [0.5, 0.6) is 0 Å². The van der Waals surface area contributed by atoms with Crippen molar-refractivity contribution in [3.63, 3.8) is 0 Å². The first kappa shape index (κ1) is 14.2. The highest BCUT2D eigenvalue weighted by Gasteiger charge is 2.23. The summed E-state index contributed by atoms with van der Waals surface area (Å²) < 4.78 is -0.173. The van der Waals surface area contributed by atoms with Gasteiger partial charge < -0.3 is 0 Å². The first-order valence-corrected chi connectivity index (χ1v) is 7.38. The van der Waals surface area contributed by atoms with Crippen molar-refractivity contribution >= 4 is 11.8 Å². The summed E-state index contributed by atoms with van der Waals surface area (Å²) in [4.78, 5) is 0. The first-order valence-electron chi connectivity index (χ1n) is 6.40. The lowest BCUT2D eigenvalue weighted by Gasteiger charge is -2.23. The summed E-state index contributed by atoms with van der Waals surface area (Å²) in [5, 5.41) is 0. The van der Waals surface area contributed by atoms with E-state index in [0.29, 0.717) is 0 Å². The zero-order chi connectivity index (χ0) is 12.6. The Bertz CT molecular complexity index is 350. The second kappa shape index (κ2) is 7.45. The molecule has 0 aliphatic carbocycles. The van der Waals surface area contributed by atoms with Crippen LogP contribution in [0.15, 0.2) is 30.3 Å². The van der Waals surface area contributed by atoms with Gasteiger partial charge in [-0.1, -0.05) is 62.4 Å². The van der Waals surface area contributed by atoms with Gasteiger partial charge in [0.05, 0.1) is 4.75 Å². The fourth-order valence-electron chi connectivity index (χ4n) is 1.77. The van der Waals surface area contributed by atoms with Crippen LogP contribution in [-0.2, 0) is 4.75 Å². The Morgan fingerprint density at radius 3 is 2.47 bits per heavy atom. The van der Waals surface area contributed by atoms with Crippen LogP contribution in [0.3, 0.4) is 0 Å². The van der Waals surface area contributed by atoms with E-state index in [2.05, 4.69) is 44.0 Å². The van der Waals surface area contributed by atoms with Gasteiger partial charge in [-0.25, -0.2) is 0 Å². The van der Waals surface area contributed by atoms with Crippen molar-refractivity contribution in [1.82, 2.24) is 0 Å². The molecule has 0 N–H and O–H groups in total. The first-order chi connectivity index (χ1) is 8.23. The Morgan fingerprint density at radius 2 is 1.88 bits per heavy atom. The summed E-state index contributed by atoms with van der Waals surface area (Å²) in [5.74, 6) is 4.10. The predicted octanol–water partition coefficient (Wildman–Crippen LogP) is 4.85. The van der Waals surface area contributed by atoms with Crippen molar-refractivity contribution in [3.05, 3.63) is 35.9 Å². The predicted molar refractivity (Wildman–Crippen MR) is 79.2 cm³/mol. The number of hydrogen-bond donors (Lipinski definition) is 0. The van der Waals surface area contributed by atoms with Crippen molar-refractivity contribution < 1.29 is 0 Å². The van der Waals surface area contributed by atoms with E-state index in [1.807, 2.05) is 17.8 Å². The lowest BCUT2D eigenvalue weighted by atomic mass is 10.0. The minimum Gasteiger partial charge on any atom is -0.138 e. The number of thioether (sulfide) groups is 1. The molecule has 0 aromatic heterocycles.